The number of alkyl carbamates (subject to hydrolysis) is 1. The molecule has 2 heterocycles. The Morgan fingerprint density at radius 2 is 1.57 bits per heavy atom. The highest BCUT2D eigenvalue weighted by atomic mass is 16.6. The molecule has 0 radical (unpaired) electrons. The van der Waals surface area contributed by atoms with Crippen molar-refractivity contribution in [2.75, 3.05) is 13.1 Å². The predicted molar refractivity (Wildman–Crippen MR) is 154 cm³/mol. The third-order valence-electron chi connectivity index (χ3n) is 7.27. The van der Waals surface area contributed by atoms with Crippen molar-refractivity contribution in [3.05, 3.63) is 71.3 Å². The molecule has 0 aliphatic carbocycles. The molecule has 4 rings (SSSR count). The van der Waals surface area contributed by atoms with Gasteiger partial charge in [0.25, 0.3) is 11.8 Å². The Kier molecular flexibility index (Phi) is 9.98. The number of hydrogen-bond acceptors (Lipinski definition) is 7. The van der Waals surface area contributed by atoms with Crippen molar-refractivity contribution in [1.82, 2.24) is 15.1 Å². The maximum Gasteiger partial charge on any atom is 0.408 e. The summed E-state index contributed by atoms with van der Waals surface area (Å²) < 4.78 is 11.0. The summed E-state index contributed by atoms with van der Waals surface area (Å²) in [5, 5.41) is 2.68. The van der Waals surface area contributed by atoms with Crippen LogP contribution in [0.5, 0.6) is 0 Å². The van der Waals surface area contributed by atoms with Gasteiger partial charge in [-0.25, -0.2) is 9.59 Å². The van der Waals surface area contributed by atoms with Crippen LogP contribution >= 0.6 is 0 Å². The number of likely N-dealkylation sites (tertiary alicyclic amines) is 1. The molecule has 2 aromatic carbocycles. The smallest absolute Gasteiger partial charge is 0.408 e. The highest BCUT2D eigenvalue weighted by Gasteiger charge is 2.38. The molecule has 2 aliphatic heterocycles. The van der Waals surface area contributed by atoms with Crippen molar-refractivity contribution < 1.29 is 33.4 Å². The second kappa shape index (κ2) is 13.6. The Morgan fingerprint density at radius 3 is 2.21 bits per heavy atom. The SMILES string of the molecule is CC(C)(C)OC(=O)N[C@H]1CCCCN(C(CCCCN2C(=O)c3ccccc3C2=O)C(=O)OCc2ccccc2)C1=O. The number of esters is 1. The molecule has 4 amide bonds. The number of fused-ring (bicyclic) bond motifs is 1. The number of unbranched alkanes of at least 4 members (excludes halogenated alkanes) is 1. The van der Waals surface area contributed by atoms with Crippen molar-refractivity contribution in [2.24, 2.45) is 0 Å². The first kappa shape index (κ1) is 30.7. The molecule has 0 bridgehead atoms. The van der Waals surface area contributed by atoms with Crippen molar-refractivity contribution in [3.63, 3.8) is 0 Å². The molecule has 0 aromatic heterocycles. The molecule has 1 N–H and O–H groups in total. The van der Waals surface area contributed by atoms with Gasteiger partial charge in [-0.2, -0.15) is 0 Å². The van der Waals surface area contributed by atoms with E-state index in [9.17, 15) is 24.0 Å². The second-order valence-corrected chi connectivity index (χ2v) is 11.6. The molecule has 10 nitrogen and oxygen atoms in total. The molecule has 2 aliphatic rings. The Morgan fingerprint density at radius 1 is 0.929 bits per heavy atom. The van der Waals surface area contributed by atoms with Gasteiger partial charge in [-0.1, -0.05) is 42.5 Å². The van der Waals surface area contributed by atoms with Crippen LogP contribution in [0.1, 0.15) is 85.6 Å². The number of carbonyl (C=O) groups excluding carboxylic acids is 5. The average Bonchev–Trinajstić information content (AvgIpc) is 3.06. The molecule has 224 valence electrons. The number of rotatable bonds is 10. The van der Waals surface area contributed by atoms with E-state index in [1.54, 1.807) is 45.0 Å². The Labute approximate surface area is 246 Å². The van der Waals surface area contributed by atoms with Crippen LogP contribution < -0.4 is 5.32 Å². The van der Waals surface area contributed by atoms with Gasteiger partial charge in [0.15, 0.2) is 0 Å². The fourth-order valence-electron chi connectivity index (χ4n) is 5.23. The van der Waals surface area contributed by atoms with E-state index < -0.39 is 29.7 Å². The Bertz CT molecular complexity index is 1270. The Balaban J connectivity index is 1.43. The lowest BCUT2D eigenvalue weighted by atomic mass is 10.1. The van der Waals surface area contributed by atoms with E-state index in [2.05, 4.69) is 5.32 Å². The molecular formula is C32H39N3O7. The van der Waals surface area contributed by atoms with Gasteiger partial charge in [0.1, 0.15) is 24.3 Å². The van der Waals surface area contributed by atoms with Crippen LogP contribution in [-0.2, 0) is 25.7 Å². The summed E-state index contributed by atoms with van der Waals surface area (Å²) in [5.74, 6) is -1.55. The predicted octanol–water partition coefficient (Wildman–Crippen LogP) is 4.47. The maximum absolute atomic E-state index is 13.7. The molecule has 42 heavy (non-hydrogen) atoms. The van der Waals surface area contributed by atoms with Crippen molar-refractivity contribution in [2.45, 2.75) is 83.6 Å². The van der Waals surface area contributed by atoms with Crippen molar-refractivity contribution in [3.8, 4) is 0 Å². The zero-order valence-electron chi connectivity index (χ0n) is 24.5. The van der Waals surface area contributed by atoms with E-state index in [0.717, 1.165) is 5.56 Å². The minimum absolute atomic E-state index is 0.0623. The molecule has 0 saturated carbocycles. The van der Waals surface area contributed by atoms with E-state index in [1.807, 2.05) is 30.3 Å². The van der Waals surface area contributed by atoms with Crippen LogP contribution in [0.25, 0.3) is 0 Å². The van der Waals surface area contributed by atoms with Gasteiger partial charge in [0.05, 0.1) is 11.1 Å². The fraction of sp³-hybridized carbons (Fsp3) is 0.469. The summed E-state index contributed by atoms with van der Waals surface area (Å²) in [7, 11) is 0. The number of imide groups is 1. The summed E-state index contributed by atoms with van der Waals surface area (Å²) in [6.07, 6.45) is 2.29. The first-order chi connectivity index (χ1) is 20.0. The zero-order chi connectivity index (χ0) is 30.3. The number of carbonyl (C=O) groups is 5. The molecule has 1 fully saturated rings. The standard InChI is InChI=1S/C32H39N3O7/c1-32(2,3)42-31(40)33-25-17-9-11-19-34(29(25)38)26(30(39)41-21-22-13-5-4-6-14-22)18-10-12-20-35-27(36)23-15-7-8-16-24(23)28(35)37/h4-8,13-16,25-26H,9-12,17-21H2,1-3H3,(H,33,40)/t25-,26?/m0/s1. The number of nitrogens with zero attached hydrogens (tertiary/aromatic N) is 2. The molecule has 2 atom stereocenters. The van der Waals surface area contributed by atoms with Crippen molar-refractivity contribution in [1.29, 1.82) is 0 Å². The average molecular weight is 578 g/mol. The van der Waals surface area contributed by atoms with E-state index in [4.69, 9.17) is 9.47 Å². The highest BCUT2D eigenvalue weighted by Crippen LogP contribution is 2.24. The maximum atomic E-state index is 13.7. The van der Waals surface area contributed by atoms with Crippen LogP contribution in [0.3, 0.4) is 0 Å². The minimum Gasteiger partial charge on any atom is -0.459 e. The van der Waals surface area contributed by atoms with Crippen LogP contribution in [0.4, 0.5) is 4.79 Å². The topological polar surface area (TPSA) is 122 Å². The number of nitrogens with one attached hydrogen (secondary N) is 1. The third-order valence-corrected chi connectivity index (χ3v) is 7.27. The molecule has 1 saturated heterocycles. The van der Waals surface area contributed by atoms with Crippen LogP contribution in [0.15, 0.2) is 54.6 Å². The number of benzene rings is 2. The van der Waals surface area contributed by atoms with Gasteiger partial charge in [0, 0.05) is 13.1 Å². The van der Waals surface area contributed by atoms with Gasteiger partial charge < -0.3 is 19.7 Å². The fourth-order valence-corrected chi connectivity index (χ4v) is 5.23. The Hall–Kier alpha value is -4.21. The van der Waals surface area contributed by atoms with Crippen molar-refractivity contribution >= 4 is 29.8 Å². The van der Waals surface area contributed by atoms with Crippen LogP contribution in [-0.4, -0.2) is 70.4 Å². The van der Waals surface area contributed by atoms with Crippen LogP contribution in [0, 0.1) is 0 Å². The van der Waals surface area contributed by atoms with Gasteiger partial charge in [-0.05, 0) is 77.0 Å². The van der Waals surface area contributed by atoms with Gasteiger partial charge in [-0.15, -0.1) is 0 Å². The lowest BCUT2D eigenvalue weighted by Crippen LogP contribution is -2.53. The van der Waals surface area contributed by atoms with Crippen LogP contribution in [0.2, 0.25) is 0 Å². The first-order valence-corrected chi connectivity index (χ1v) is 14.5. The quantitative estimate of drug-likeness (QED) is 0.251. The summed E-state index contributed by atoms with van der Waals surface area (Å²) in [6, 6.07) is 14.3. The largest absolute Gasteiger partial charge is 0.459 e. The normalized spacial score (nSPS) is 17.9. The third kappa shape index (κ3) is 7.74. The summed E-state index contributed by atoms with van der Waals surface area (Å²) in [5.41, 5.74) is 0.884. The number of amides is 4. The molecule has 10 heteroatoms. The number of ether oxygens (including phenoxy) is 2. The minimum atomic E-state index is -0.885. The molecule has 2 aromatic rings. The lowest BCUT2D eigenvalue weighted by Gasteiger charge is -2.32. The number of hydrogen-bond donors (Lipinski definition) is 1. The second-order valence-electron chi connectivity index (χ2n) is 11.6. The lowest BCUT2D eigenvalue weighted by molar-refractivity contribution is -0.157. The van der Waals surface area contributed by atoms with Gasteiger partial charge >= 0.3 is 12.1 Å². The summed E-state index contributed by atoms with van der Waals surface area (Å²) in [6.45, 7) is 5.84. The summed E-state index contributed by atoms with van der Waals surface area (Å²) in [4.78, 5) is 67.8. The van der Waals surface area contributed by atoms with E-state index in [1.165, 1.54) is 9.80 Å². The summed E-state index contributed by atoms with van der Waals surface area (Å²) >= 11 is 0. The highest BCUT2D eigenvalue weighted by molar-refractivity contribution is 6.21. The van der Waals surface area contributed by atoms with Gasteiger partial charge in [-0.3, -0.25) is 19.3 Å². The molecule has 1 unspecified atom stereocenters. The molecular weight excluding hydrogens is 538 g/mol. The zero-order valence-corrected chi connectivity index (χ0v) is 24.5. The van der Waals surface area contributed by atoms with E-state index in [0.29, 0.717) is 49.8 Å². The first-order valence-electron chi connectivity index (χ1n) is 14.5. The van der Waals surface area contributed by atoms with E-state index in [-0.39, 0.29) is 37.3 Å². The molecule has 0 spiro atoms. The monoisotopic (exact) mass is 577 g/mol. The van der Waals surface area contributed by atoms with Gasteiger partial charge in [0.2, 0.25) is 5.91 Å². The van der Waals surface area contributed by atoms with E-state index >= 15 is 0 Å².